The molecule has 1 aliphatic rings. The Morgan fingerprint density at radius 2 is 1.85 bits per heavy atom. The lowest BCUT2D eigenvalue weighted by Crippen LogP contribution is -2.22. The summed E-state index contributed by atoms with van der Waals surface area (Å²) in [6, 6.07) is 10.6. The predicted molar refractivity (Wildman–Crippen MR) is 81.5 cm³/mol. The van der Waals surface area contributed by atoms with Gasteiger partial charge in [-0.3, -0.25) is 0 Å². The molecule has 1 fully saturated rings. The van der Waals surface area contributed by atoms with Gasteiger partial charge in [0.2, 0.25) is 0 Å². The van der Waals surface area contributed by atoms with Gasteiger partial charge in [0.05, 0.1) is 5.69 Å². The maximum atomic E-state index is 5.86. The molecule has 0 atom stereocenters. The second-order valence-corrected chi connectivity index (χ2v) is 6.03. The third-order valence-corrected chi connectivity index (χ3v) is 4.25. The van der Waals surface area contributed by atoms with Gasteiger partial charge >= 0.3 is 0 Å². The van der Waals surface area contributed by atoms with Crippen LogP contribution >= 0.6 is 0 Å². The second kappa shape index (κ2) is 4.98. The molecule has 0 radical (unpaired) electrons. The van der Waals surface area contributed by atoms with Crippen LogP contribution in [0.25, 0.3) is 11.3 Å². The minimum absolute atomic E-state index is 0.0495. The first-order valence-corrected chi connectivity index (χ1v) is 7.28. The van der Waals surface area contributed by atoms with E-state index in [2.05, 4.69) is 43.1 Å². The van der Waals surface area contributed by atoms with Gasteiger partial charge in [-0.25, -0.2) is 9.97 Å². The highest BCUT2D eigenvalue weighted by Gasteiger charge is 2.45. The van der Waals surface area contributed by atoms with Crippen LogP contribution in [0.5, 0.6) is 0 Å². The van der Waals surface area contributed by atoms with Crippen LogP contribution in [0, 0.1) is 0 Å². The highest BCUT2D eigenvalue weighted by atomic mass is 14.9. The molecular formula is C17H21N3. The van der Waals surface area contributed by atoms with Crippen LogP contribution in [0.1, 0.15) is 44.0 Å². The Morgan fingerprint density at radius 1 is 1.15 bits per heavy atom. The van der Waals surface area contributed by atoms with E-state index >= 15 is 0 Å². The fourth-order valence-electron chi connectivity index (χ4n) is 2.48. The molecule has 0 bridgehead atoms. The summed E-state index contributed by atoms with van der Waals surface area (Å²) in [5, 5.41) is 0. The summed E-state index contributed by atoms with van der Waals surface area (Å²) >= 11 is 0. The molecule has 2 N–H and O–H groups in total. The number of rotatable bonds is 4. The zero-order chi connectivity index (χ0) is 14.2. The molecule has 1 saturated carbocycles. The van der Waals surface area contributed by atoms with Gasteiger partial charge in [0.15, 0.2) is 0 Å². The van der Waals surface area contributed by atoms with Gasteiger partial charge in [-0.15, -0.1) is 0 Å². The summed E-state index contributed by atoms with van der Waals surface area (Å²) in [5.41, 5.74) is 9.40. The zero-order valence-corrected chi connectivity index (χ0v) is 12.1. The predicted octanol–water partition coefficient (Wildman–Crippen LogP) is 3.26. The van der Waals surface area contributed by atoms with Crippen LogP contribution < -0.4 is 5.73 Å². The molecule has 20 heavy (non-hydrogen) atoms. The Balaban J connectivity index is 1.92. The Kier molecular flexibility index (Phi) is 3.30. The van der Waals surface area contributed by atoms with E-state index in [1.807, 2.05) is 12.3 Å². The summed E-state index contributed by atoms with van der Waals surface area (Å²) in [7, 11) is 0. The van der Waals surface area contributed by atoms with Gasteiger partial charge in [0.1, 0.15) is 5.82 Å². The Morgan fingerprint density at radius 3 is 2.40 bits per heavy atom. The van der Waals surface area contributed by atoms with Gasteiger partial charge in [0, 0.05) is 23.7 Å². The van der Waals surface area contributed by atoms with E-state index in [-0.39, 0.29) is 5.41 Å². The average Bonchev–Trinajstić information content (AvgIpc) is 3.29. The van der Waals surface area contributed by atoms with E-state index in [9.17, 15) is 0 Å². The van der Waals surface area contributed by atoms with Gasteiger partial charge in [-0.05, 0) is 30.4 Å². The largest absolute Gasteiger partial charge is 0.329 e. The van der Waals surface area contributed by atoms with Crippen LogP contribution in [-0.2, 0) is 5.41 Å². The topological polar surface area (TPSA) is 51.8 Å². The van der Waals surface area contributed by atoms with Crippen molar-refractivity contribution in [2.45, 2.75) is 38.0 Å². The number of nitrogens with two attached hydrogens (primary N) is 1. The molecule has 0 aliphatic heterocycles. The van der Waals surface area contributed by atoms with E-state index in [0.717, 1.165) is 29.9 Å². The van der Waals surface area contributed by atoms with Crippen molar-refractivity contribution >= 4 is 0 Å². The van der Waals surface area contributed by atoms with Crippen molar-refractivity contribution in [1.82, 2.24) is 9.97 Å². The molecule has 1 aromatic heterocycles. The fourth-order valence-corrected chi connectivity index (χ4v) is 2.48. The molecule has 104 valence electrons. The number of nitrogens with zero attached hydrogens (tertiary/aromatic N) is 2. The molecule has 1 aliphatic carbocycles. The van der Waals surface area contributed by atoms with Gasteiger partial charge in [-0.1, -0.05) is 38.1 Å². The van der Waals surface area contributed by atoms with Crippen LogP contribution in [0.15, 0.2) is 36.5 Å². The second-order valence-electron chi connectivity index (χ2n) is 6.03. The molecule has 0 amide bonds. The van der Waals surface area contributed by atoms with Gasteiger partial charge < -0.3 is 5.73 Å². The molecule has 1 heterocycles. The van der Waals surface area contributed by atoms with Crippen molar-refractivity contribution in [2.24, 2.45) is 5.73 Å². The Hall–Kier alpha value is -1.74. The van der Waals surface area contributed by atoms with Crippen molar-refractivity contribution in [3.63, 3.8) is 0 Å². The Bertz CT molecular complexity index is 598. The summed E-state index contributed by atoms with van der Waals surface area (Å²) in [5.74, 6) is 1.46. The van der Waals surface area contributed by atoms with Crippen molar-refractivity contribution < 1.29 is 0 Å². The molecular weight excluding hydrogens is 246 g/mol. The van der Waals surface area contributed by atoms with Crippen molar-refractivity contribution in [3.8, 4) is 11.3 Å². The summed E-state index contributed by atoms with van der Waals surface area (Å²) in [6.07, 6.45) is 4.07. The number of hydrogen-bond acceptors (Lipinski definition) is 3. The van der Waals surface area contributed by atoms with E-state index in [1.165, 1.54) is 5.56 Å². The van der Waals surface area contributed by atoms with Crippen molar-refractivity contribution in [2.75, 3.05) is 6.54 Å². The van der Waals surface area contributed by atoms with Crippen molar-refractivity contribution in [3.05, 3.63) is 47.9 Å². The van der Waals surface area contributed by atoms with Crippen LogP contribution in [-0.4, -0.2) is 16.5 Å². The van der Waals surface area contributed by atoms with Crippen LogP contribution in [0.3, 0.4) is 0 Å². The first-order valence-electron chi connectivity index (χ1n) is 7.28. The third-order valence-electron chi connectivity index (χ3n) is 4.25. The molecule has 3 heteroatoms. The van der Waals surface area contributed by atoms with Crippen LogP contribution in [0.2, 0.25) is 0 Å². The monoisotopic (exact) mass is 267 g/mol. The van der Waals surface area contributed by atoms with E-state index in [1.54, 1.807) is 0 Å². The lowest BCUT2D eigenvalue weighted by atomic mass is 10.0. The molecule has 3 rings (SSSR count). The summed E-state index contributed by atoms with van der Waals surface area (Å²) in [6.45, 7) is 5.05. The zero-order valence-electron chi connectivity index (χ0n) is 12.1. The molecule has 0 saturated heterocycles. The van der Waals surface area contributed by atoms with E-state index < -0.39 is 0 Å². The van der Waals surface area contributed by atoms with E-state index in [4.69, 9.17) is 10.7 Å². The molecule has 0 spiro atoms. The smallest absolute Gasteiger partial charge is 0.136 e. The minimum Gasteiger partial charge on any atom is -0.329 e. The lowest BCUT2D eigenvalue weighted by Gasteiger charge is -2.12. The first kappa shape index (κ1) is 13.3. The average molecular weight is 267 g/mol. The van der Waals surface area contributed by atoms with Crippen molar-refractivity contribution in [1.29, 1.82) is 0 Å². The Labute approximate surface area is 120 Å². The van der Waals surface area contributed by atoms with E-state index in [0.29, 0.717) is 12.5 Å². The number of aromatic nitrogens is 2. The molecule has 3 nitrogen and oxygen atoms in total. The lowest BCUT2D eigenvalue weighted by molar-refractivity contribution is 0.649. The van der Waals surface area contributed by atoms with Gasteiger partial charge in [0.25, 0.3) is 0 Å². The van der Waals surface area contributed by atoms with Crippen LogP contribution in [0.4, 0.5) is 0 Å². The third kappa shape index (κ3) is 2.34. The minimum atomic E-state index is 0.0495. The highest BCUT2D eigenvalue weighted by Crippen LogP contribution is 2.45. The number of hydrogen-bond donors (Lipinski definition) is 1. The first-order chi connectivity index (χ1) is 9.64. The maximum Gasteiger partial charge on any atom is 0.136 e. The maximum absolute atomic E-state index is 5.86. The summed E-state index contributed by atoms with van der Waals surface area (Å²) < 4.78 is 0. The SMILES string of the molecule is CC(C)c1ccc(-c2ccnc(C3(CN)CC3)n2)cc1. The normalized spacial score (nSPS) is 16.4. The molecule has 1 aromatic carbocycles. The molecule has 2 aromatic rings. The highest BCUT2D eigenvalue weighted by molar-refractivity contribution is 5.59. The van der Waals surface area contributed by atoms with Gasteiger partial charge in [-0.2, -0.15) is 0 Å². The fraction of sp³-hybridized carbons (Fsp3) is 0.412. The standard InChI is InChI=1S/C17H21N3/c1-12(2)13-3-5-14(6-4-13)15-7-10-19-16(20-15)17(11-18)8-9-17/h3-7,10,12H,8-9,11,18H2,1-2H3. The molecule has 0 unspecified atom stereocenters. The quantitative estimate of drug-likeness (QED) is 0.925. The summed E-state index contributed by atoms with van der Waals surface area (Å²) in [4.78, 5) is 9.16. The number of benzene rings is 1.